The molecular formula is C13H22N2O. The topological polar surface area (TPSA) is 35.8 Å². The van der Waals surface area contributed by atoms with E-state index in [2.05, 4.69) is 16.1 Å². The minimum absolute atomic E-state index is 0.0715. The molecular weight excluding hydrogens is 200 g/mol. The van der Waals surface area contributed by atoms with Gasteiger partial charge >= 0.3 is 0 Å². The van der Waals surface area contributed by atoms with E-state index in [0.717, 1.165) is 13.0 Å². The summed E-state index contributed by atoms with van der Waals surface area (Å²) in [6, 6.07) is 0.419. The zero-order valence-electron chi connectivity index (χ0n) is 9.89. The third kappa shape index (κ3) is 1.91. The van der Waals surface area contributed by atoms with E-state index in [1.54, 1.807) is 0 Å². The molecule has 0 aromatic carbocycles. The van der Waals surface area contributed by atoms with Crippen molar-refractivity contribution in [3.05, 3.63) is 0 Å². The van der Waals surface area contributed by atoms with Crippen LogP contribution in [0.3, 0.4) is 0 Å². The average molecular weight is 222 g/mol. The number of piperidine rings is 3. The van der Waals surface area contributed by atoms with Crippen LogP contribution in [0.2, 0.25) is 0 Å². The molecule has 3 fully saturated rings. The van der Waals surface area contributed by atoms with E-state index in [4.69, 9.17) is 0 Å². The van der Waals surface area contributed by atoms with E-state index in [9.17, 15) is 5.11 Å². The van der Waals surface area contributed by atoms with Crippen molar-refractivity contribution in [2.45, 2.75) is 44.2 Å². The Hall–Kier alpha value is -0.410. The molecule has 3 atom stereocenters. The van der Waals surface area contributed by atoms with Crippen molar-refractivity contribution >= 4 is 6.21 Å². The van der Waals surface area contributed by atoms with Gasteiger partial charge in [0.05, 0.1) is 6.10 Å². The molecule has 0 radical (unpaired) electrons. The number of hydrogen-bond acceptors (Lipinski definition) is 3. The van der Waals surface area contributed by atoms with E-state index < -0.39 is 0 Å². The van der Waals surface area contributed by atoms with Crippen LogP contribution in [0.25, 0.3) is 0 Å². The maximum atomic E-state index is 10.3. The Morgan fingerprint density at radius 1 is 1.25 bits per heavy atom. The Balaban J connectivity index is 1.65. The largest absolute Gasteiger partial charge is 0.391 e. The summed E-state index contributed by atoms with van der Waals surface area (Å²) >= 11 is 0. The summed E-state index contributed by atoms with van der Waals surface area (Å²) in [4.78, 5) is 6.89. The molecule has 16 heavy (non-hydrogen) atoms. The second-order valence-corrected chi connectivity index (χ2v) is 5.62. The molecule has 0 amide bonds. The molecule has 2 bridgehead atoms. The second kappa shape index (κ2) is 4.46. The molecule has 3 heteroatoms. The quantitative estimate of drug-likeness (QED) is 0.764. The lowest BCUT2D eigenvalue weighted by molar-refractivity contribution is -0.0774. The van der Waals surface area contributed by atoms with Crippen LogP contribution < -0.4 is 0 Å². The van der Waals surface area contributed by atoms with E-state index in [1.807, 2.05) is 0 Å². The molecule has 2 unspecified atom stereocenters. The van der Waals surface area contributed by atoms with Gasteiger partial charge in [-0.05, 0) is 57.0 Å². The van der Waals surface area contributed by atoms with Gasteiger partial charge in [-0.15, -0.1) is 0 Å². The predicted octanol–water partition coefficient (Wildman–Crippen LogP) is 1.31. The van der Waals surface area contributed by atoms with Gasteiger partial charge in [0, 0.05) is 18.8 Å². The van der Waals surface area contributed by atoms with Crippen LogP contribution in [0.15, 0.2) is 4.99 Å². The number of aliphatic imine (C=N–C) groups is 1. The van der Waals surface area contributed by atoms with Crippen LogP contribution in [-0.4, -0.2) is 48.0 Å². The van der Waals surface area contributed by atoms with Crippen molar-refractivity contribution in [3.63, 3.8) is 0 Å². The van der Waals surface area contributed by atoms with Crippen molar-refractivity contribution < 1.29 is 5.11 Å². The average Bonchev–Trinajstić information content (AvgIpc) is 2.36. The highest BCUT2D eigenvalue weighted by atomic mass is 16.3. The van der Waals surface area contributed by atoms with E-state index in [-0.39, 0.29) is 6.10 Å². The standard InChI is InChI=1S/C13H22N2O/c16-13-11-3-6-15(7-4-11)12(13)8-10-2-1-5-14-9-10/h9-13,16H,1-8H2/t10?,12?,13-/m1/s1. The molecule has 0 aromatic heterocycles. The number of hydrogen-bond donors (Lipinski definition) is 1. The minimum atomic E-state index is -0.0715. The summed E-state index contributed by atoms with van der Waals surface area (Å²) in [6.07, 6.45) is 8.10. The van der Waals surface area contributed by atoms with Gasteiger partial charge in [0.1, 0.15) is 0 Å². The van der Waals surface area contributed by atoms with Crippen molar-refractivity contribution in [1.82, 2.24) is 4.90 Å². The van der Waals surface area contributed by atoms with Gasteiger partial charge in [-0.25, -0.2) is 0 Å². The summed E-state index contributed by atoms with van der Waals surface area (Å²) in [5, 5.41) is 10.3. The van der Waals surface area contributed by atoms with E-state index in [0.29, 0.717) is 17.9 Å². The molecule has 0 saturated carbocycles. The highest BCUT2D eigenvalue weighted by molar-refractivity contribution is 5.61. The van der Waals surface area contributed by atoms with E-state index >= 15 is 0 Å². The fourth-order valence-electron chi connectivity index (χ4n) is 3.64. The molecule has 90 valence electrons. The molecule has 4 aliphatic rings. The van der Waals surface area contributed by atoms with Crippen LogP contribution in [0.1, 0.15) is 32.1 Å². The van der Waals surface area contributed by atoms with Crippen molar-refractivity contribution in [2.75, 3.05) is 19.6 Å². The summed E-state index contributed by atoms with van der Waals surface area (Å²) in [7, 11) is 0. The zero-order chi connectivity index (χ0) is 11.0. The minimum Gasteiger partial charge on any atom is -0.391 e. The van der Waals surface area contributed by atoms with Gasteiger partial charge in [0.25, 0.3) is 0 Å². The third-order valence-electron chi connectivity index (χ3n) is 4.64. The maximum Gasteiger partial charge on any atom is 0.0724 e. The fourth-order valence-corrected chi connectivity index (χ4v) is 3.64. The summed E-state index contributed by atoms with van der Waals surface area (Å²) in [5.74, 6) is 1.20. The molecule has 3 saturated heterocycles. The SMILES string of the molecule is O[C@@H]1C2CCN(CC2)C1CC1C=NCCC1. The van der Waals surface area contributed by atoms with Gasteiger partial charge < -0.3 is 5.11 Å². The third-order valence-corrected chi connectivity index (χ3v) is 4.64. The van der Waals surface area contributed by atoms with Gasteiger partial charge in [-0.3, -0.25) is 9.89 Å². The Labute approximate surface area is 97.6 Å². The summed E-state index contributed by atoms with van der Waals surface area (Å²) in [5.41, 5.74) is 0. The van der Waals surface area contributed by atoms with Gasteiger partial charge in [0.2, 0.25) is 0 Å². The summed E-state index contributed by atoms with van der Waals surface area (Å²) < 4.78 is 0. The molecule has 1 N–H and O–H groups in total. The van der Waals surface area contributed by atoms with E-state index in [1.165, 1.54) is 38.8 Å². The Kier molecular flexibility index (Phi) is 2.99. The lowest BCUT2D eigenvalue weighted by atomic mass is 9.77. The molecule has 0 spiro atoms. The monoisotopic (exact) mass is 222 g/mol. The molecule has 0 aromatic rings. The second-order valence-electron chi connectivity index (χ2n) is 5.62. The van der Waals surface area contributed by atoms with Crippen LogP contribution >= 0.6 is 0 Å². The number of rotatable bonds is 2. The first-order valence-corrected chi connectivity index (χ1v) is 6.76. The Morgan fingerprint density at radius 2 is 2.06 bits per heavy atom. The Morgan fingerprint density at radius 3 is 2.69 bits per heavy atom. The van der Waals surface area contributed by atoms with Crippen LogP contribution in [0.4, 0.5) is 0 Å². The molecule has 4 aliphatic heterocycles. The van der Waals surface area contributed by atoms with Crippen molar-refractivity contribution in [1.29, 1.82) is 0 Å². The first-order valence-electron chi connectivity index (χ1n) is 6.76. The fraction of sp³-hybridized carbons (Fsp3) is 0.923. The molecule has 4 heterocycles. The summed E-state index contributed by atoms with van der Waals surface area (Å²) in [6.45, 7) is 3.42. The van der Waals surface area contributed by atoms with Gasteiger partial charge in [-0.1, -0.05) is 0 Å². The van der Waals surface area contributed by atoms with Gasteiger partial charge in [-0.2, -0.15) is 0 Å². The lowest BCUT2D eigenvalue weighted by Crippen LogP contribution is -2.58. The maximum absolute atomic E-state index is 10.3. The molecule has 0 aliphatic carbocycles. The molecule has 3 nitrogen and oxygen atoms in total. The highest BCUT2D eigenvalue weighted by Crippen LogP contribution is 2.35. The van der Waals surface area contributed by atoms with Crippen LogP contribution in [0.5, 0.6) is 0 Å². The zero-order valence-corrected chi connectivity index (χ0v) is 9.89. The number of fused-ring (bicyclic) bond motifs is 3. The number of aliphatic hydroxyl groups is 1. The lowest BCUT2D eigenvalue weighted by Gasteiger charge is -2.49. The van der Waals surface area contributed by atoms with Crippen molar-refractivity contribution in [3.8, 4) is 0 Å². The smallest absolute Gasteiger partial charge is 0.0724 e. The van der Waals surface area contributed by atoms with Crippen LogP contribution in [0, 0.1) is 11.8 Å². The normalized spacial score (nSPS) is 47.2. The van der Waals surface area contributed by atoms with Crippen molar-refractivity contribution in [2.24, 2.45) is 16.8 Å². The first kappa shape index (κ1) is 10.7. The van der Waals surface area contributed by atoms with Crippen LogP contribution in [-0.2, 0) is 0 Å². The predicted molar refractivity (Wildman–Crippen MR) is 64.8 cm³/mol. The molecule has 4 rings (SSSR count). The first-order chi connectivity index (χ1) is 7.84. The Bertz CT molecular complexity index is 269. The number of aliphatic hydroxyl groups excluding tert-OH is 1. The highest BCUT2D eigenvalue weighted by Gasteiger charge is 2.41. The number of nitrogens with zero attached hydrogens (tertiary/aromatic N) is 2. The van der Waals surface area contributed by atoms with Gasteiger partial charge in [0.15, 0.2) is 0 Å².